The predicted octanol–water partition coefficient (Wildman–Crippen LogP) is -0.759. The Morgan fingerprint density at radius 1 is 1.43 bits per heavy atom. The molecule has 160 valence electrons. The molecule has 1 aromatic rings. The van der Waals surface area contributed by atoms with Gasteiger partial charge in [0.15, 0.2) is 5.85 Å². The van der Waals surface area contributed by atoms with E-state index in [9.17, 15) is 34.4 Å². The van der Waals surface area contributed by atoms with Gasteiger partial charge in [0.2, 0.25) is 5.85 Å². The third kappa shape index (κ3) is 4.43. The van der Waals surface area contributed by atoms with Gasteiger partial charge in [-0.05, 0) is 6.92 Å². The first kappa shape index (κ1) is 22.9. The van der Waals surface area contributed by atoms with Gasteiger partial charge < -0.3 is 29.9 Å². The maximum absolute atomic E-state index is 15.0. The molecule has 0 radical (unpaired) electrons. The molecule has 13 heteroatoms. The van der Waals surface area contributed by atoms with Gasteiger partial charge in [0.05, 0.1) is 11.7 Å². The smallest absolute Gasteiger partial charge is 0.358 e. The molecular formula is C15H24FN2O9P. The van der Waals surface area contributed by atoms with Crippen LogP contribution in [-0.2, 0) is 20.9 Å². The van der Waals surface area contributed by atoms with Gasteiger partial charge in [0.1, 0.15) is 18.3 Å². The average Bonchev–Trinajstić information content (AvgIpc) is 2.87. The molecule has 1 aliphatic rings. The Morgan fingerprint density at radius 2 is 2.04 bits per heavy atom. The van der Waals surface area contributed by atoms with E-state index in [1.807, 2.05) is 0 Å². The van der Waals surface area contributed by atoms with E-state index in [-0.39, 0.29) is 5.56 Å². The van der Waals surface area contributed by atoms with Gasteiger partial charge in [-0.2, -0.15) is 0 Å². The van der Waals surface area contributed by atoms with Crippen molar-refractivity contribution in [3.05, 3.63) is 32.6 Å². The topological polar surface area (TPSA) is 171 Å². The van der Waals surface area contributed by atoms with E-state index in [2.05, 4.69) is 9.51 Å². The molecule has 28 heavy (non-hydrogen) atoms. The number of halogens is 1. The molecule has 0 aliphatic carbocycles. The Labute approximate surface area is 158 Å². The average molecular weight is 426 g/mol. The zero-order chi connectivity index (χ0) is 21.4. The minimum Gasteiger partial charge on any atom is -0.388 e. The molecular weight excluding hydrogens is 402 g/mol. The first-order chi connectivity index (χ1) is 12.8. The van der Waals surface area contributed by atoms with Crippen LogP contribution in [0.3, 0.4) is 0 Å². The summed E-state index contributed by atoms with van der Waals surface area (Å²) in [4.78, 5) is 35.5. The van der Waals surface area contributed by atoms with Crippen molar-refractivity contribution < 1.29 is 38.4 Å². The Bertz CT molecular complexity index is 872. The number of aliphatic hydroxyl groups is 3. The lowest BCUT2D eigenvalue weighted by Gasteiger charge is -2.30. The number of nitrogens with one attached hydrogen (secondary N) is 1. The van der Waals surface area contributed by atoms with Crippen molar-refractivity contribution in [2.75, 3.05) is 0 Å². The van der Waals surface area contributed by atoms with Crippen LogP contribution in [0.5, 0.6) is 0 Å². The molecule has 11 nitrogen and oxygen atoms in total. The van der Waals surface area contributed by atoms with Crippen LogP contribution in [0.2, 0.25) is 0 Å². The van der Waals surface area contributed by atoms with Crippen LogP contribution in [0.1, 0.15) is 38.4 Å². The molecule has 0 aromatic carbocycles. The molecule has 2 rings (SSSR count). The Kier molecular flexibility index (Phi) is 6.66. The zero-order valence-electron chi connectivity index (χ0n) is 15.5. The molecule has 1 saturated heterocycles. The van der Waals surface area contributed by atoms with Crippen molar-refractivity contribution >= 4 is 7.60 Å². The molecule has 7 atom stereocenters. The molecule has 3 unspecified atom stereocenters. The third-order valence-electron chi connectivity index (χ3n) is 4.68. The van der Waals surface area contributed by atoms with Gasteiger partial charge in [-0.1, -0.05) is 6.92 Å². The van der Waals surface area contributed by atoms with E-state index < -0.39 is 67.8 Å². The van der Waals surface area contributed by atoms with Crippen LogP contribution in [-0.4, -0.2) is 59.8 Å². The number of aromatic nitrogens is 2. The van der Waals surface area contributed by atoms with Crippen LogP contribution in [0, 0.1) is 0 Å². The number of hydrogen-bond acceptors (Lipinski definition) is 8. The largest absolute Gasteiger partial charge is 0.388 e. The molecule has 1 aromatic heterocycles. The lowest BCUT2D eigenvalue weighted by molar-refractivity contribution is -0.124. The Hall–Kier alpha value is -1.40. The predicted molar refractivity (Wildman–Crippen MR) is 93.3 cm³/mol. The first-order valence-corrected chi connectivity index (χ1v) is 10.2. The number of H-pyrrole nitrogens is 1. The van der Waals surface area contributed by atoms with Crippen LogP contribution >= 0.6 is 7.60 Å². The molecule has 1 aliphatic heterocycles. The van der Waals surface area contributed by atoms with E-state index in [4.69, 9.17) is 4.74 Å². The lowest BCUT2D eigenvalue weighted by Crippen LogP contribution is -2.38. The van der Waals surface area contributed by atoms with E-state index in [0.29, 0.717) is 0 Å². The number of ether oxygens (including phenoxy) is 1. The highest BCUT2D eigenvalue weighted by Gasteiger charge is 2.50. The second kappa shape index (κ2) is 8.15. The van der Waals surface area contributed by atoms with E-state index in [1.165, 1.54) is 14.0 Å². The fourth-order valence-electron chi connectivity index (χ4n) is 2.82. The fraction of sp³-hybridized carbons (Fsp3) is 0.733. The van der Waals surface area contributed by atoms with E-state index in [0.717, 1.165) is 17.7 Å². The summed E-state index contributed by atoms with van der Waals surface area (Å²) in [5, 5.41) is 29.7. The SMILES string of the molecule is CCC(F)(C[C@H]1O[C@@H](c2c[nH]c(=O)n(C)c2=O)[C@H](O)[C@@H]1O)OP(=O)(O)C(C)O. The van der Waals surface area contributed by atoms with Crippen molar-refractivity contribution in [3.8, 4) is 0 Å². The summed E-state index contributed by atoms with van der Waals surface area (Å²) in [5.74, 6) is -4.59. The quantitative estimate of drug-likeness (QED) is 0.352. The van der Waals surface area contributed by atoms with Gasteiger partial charge >= 0.3 is 13.3 Å². The fourth-order valence-corrected chi connectivity index (χ4v) is 3.64. The standard InChI is InChI=1S/C15H24FN2O9P/c1-4-15(16,27-28(24,25)7(2)19)5-9-10(20)11(21)12(26-9)8-6-17-14(23)18(3)13(8)22/h6-7,9-12,19-21H,4-5H2,1-3H3,(H,17,23)(H,24,25)/t7?,9-,10-,11-,12+,15?/m1/s1. The zero-order valence-corrected chi connectivity index (χ0v) is 16.4. The molecule has 0 saturated carbocycles. The van der Waals surface area contributed by atoms with Crippen molar-refractivity contribution in [3.63, 3.8) is 0 Å². The number of aromatic amines is 1. The number of hydrogen-bond donors (Lipinski definition) is 5. The van der Waals surface area contributed by atoms with Gasteiger partial charge in [0.25, 0.3) is 5.56 Å². The molecule has 0 amide bonds. The van der Waals surface area contributed by atoms with Crippen LogP contribution in [0.25, 0.3) is 0 Å². The Balaban J connectivity index is 2.26. The summed E-state index contributed by atoms with van der Waals surface area (Å²) < 4.78 is 37.6. The summed E-state index contributed by atoms with van der Waals surface area (Å²) in [6.07, 6.45) is -6.16. The van der Waals surface area contributed by atoms with E-state index in [1.54, 1.807) is 0 Å². The lowest BCUT2D eigenvalue weighted by atomic mass is 9.99. The second-order valence-corrected chi connectivity index (χ2v) is 8.78. The van der Waals surface area contributed by atoms with Gasteiger partial charge in [-0.15, -0.1) is 0 Å². The minimum absolute atomic E-state index is 0.158. The monoisotopic (exact) mass is 426 g/mol. The van der Waals surface area contributed by atoms with Crippen LogP contribution in [0.15, 0.2) is 15.8 Å². The molecule has 0 spiro atoms. The van der Waals surface area contributed by atoms with Crippen molar-refractivity contribution in [2.45, 2.75) is 62.8 Å². The summed E-state index contributed by atoms with van der Waals surface area (Å²) >= 11 is 0. The molecule has 2 heterocycles. The minimum atomic E-state index is -4.70. The summed E-state index contributed by atoms with van der Waals surface area (Å²) in [7, 11) is -3.50. The molecule has 5 N–H and O–H groups in total. The number of nitrogens with zero attached hydrogens (tertiary/aromatic N) is 1. The molecule has 1 fully saturated rings. The van der Waals surface area contributed by atoms with Gasteiger partial charge in [0, 0.05) is 26.1 Å². The number of rotatable bonds is 7. The third-order valence-corrected chi connectivity index (χ3v) is 6.21. The highest BCUT2D eigenvalue weighted by Crippen LogP contribution is 2.52. The van der Waals surface area contributed by atoms with Crippen molar-refractivity contribution in [1.29, 1.82) is 0 Å². The Morgan fingerprint density at radius 3 is 2.57 bits per heavy atom. The molecule has 0 bridgehead atoms. The summed E-state index contributed by atoms with van der Waals surface area (Å²) in [6.45, 7) is 2.28. The summed E-state index contributed by atoms with van der Waals surface area (Å²) in [6, 6.07) is 0. The highest BCUT2D eigenvalue weighted by molar-refractivity contribution is 7.53. The summed E-state index contributed by atoms with van der Waals surface area (Å²) in [5.41, 5.74) is -1.62. The number of aliphatic hydroxyl groups excluding tert-OH is 3. The normalized spacial score (nSPS) is 30.6. The van der Waals surface area contributed by atoms with Gasteiger partial charge in [-0.25, -0.2) is 9.18 Å². The van der Waals surface area contributed by atoms with Crippen molar-refractivity contribution in [2.24, 2.45) is 7.05 Å². The first-order valence-electron chi connectivity index (χ1n) is 8.53. The highest BCUT2D eigenvalue weighted by atomic mass is 31.2. The maximum Gasteiger partial charge on any atom is 0.358 e. The van der Waals surface area contributed by atoms with Crippen LogP contribution in [0.4, 0.5) is 4.39 Å². The van der Waals surface area contributed by atoms with Gasteiger partial charge in [-0.3, -0.25) is 18.5 Å². The van der Waals surface area contributed by atoms with E-state index >= 15 is 4.39 Å². The van der Waals surface area contributed by atoms with Crippen molar-refractivity contribution in [1.82, 2.24) is 9.55 Å². The van der Waals surface area contributed by atoms with Crippen LogP contribution < -0.4 is 11.2 Å². The second-order valence-electron chi connectivity index (χ2n) is 6.72. The maximum atomic E-state index is 15.0. The number of alkyl halides is 1.